The molecule has 0 saturated heterocycles. The highest BCUT2D eigenvalue weighted by molar-refractivity contribution is 5.82. The van der Waals surface area contributed by atoms with Crippen LogP contribution in [0.3, 0.4) is 0 Å². The molecule has 3 heteroatoms. The van der Waals surface area contributed by atoms with Gasteiger partial charge in [0.1, 0.15) is 12.6 Å². The Morgan fingerprint density at radius 2 is 1.92 bits per heavy atom. The van der Waals surface area contributed by atoms with E-state index in [-0.39, 0.29) is 0 Å². The van der Waals surface area contributed by atoms with Gasteiger partial charge in [0.05, 0.1) is 6.10 Å². The molecule has 0 spiro atoms. The van der Waals surface area contributed by atoms with Crippen LogP contribution in [-0.2, 0) is 14.3 Å². The quantitative estimate of drug-likeness (QED) is 0.708. The molecule has 2 unspecified atom stereocenters. The van der Waals surface area contributed by atoms with Crippen LogP contribution in [0.4, 0.5) is 0 Å². The van der Waals surface area contributed by atoms with Gasteiger partial charge in [0.25, 0.3) is 0 Å². The van der Waals surface area contributed by atoms with Gasteiger partial charge in [-0.15, -0.1) is 0 Å². The van der Waals surface area contributed by atoms with Crippen molar-refractivity contribution in [2.24, 2.45) is 34.5 Å². The van der Waals surface area contributed by atoms with Crippen molar-refractivity contribution in [1.29, 1.82) is 0 Å². The largest absolute Gasteiger partial charge is 0.359 e. The zero-order valence-corrected chi connectivity index (χ0v) is 15.7. The smallest absolute Gasteiger partial charge is 0.146 e. The van der Waals surface area contributed by atoms with Crippen LogP contribution in [0, 0.1) is 34.5 Å². The fourth-order valence-electron chi connectivity index (χ4n) is 7.31. The van der Waals surface area contributed by atoms with Gasteiger partial charge in [-0.05, 0) is 79.4 Å². The summed E-state index contributed by atoms with van der Waals surface area (Å²) in [4.78, 5) is 12.2. The van der Waals surface area contributed by atoms with Crippen LogP contribution >= 0.6 is 0 Å². The van der Waals surface area contributed by atoms with Gasteiger partial charge in [0.15, 0.2) is 0 Å². The second-order valence-electron chi connectivity index (χ2n) is 9.74. The molecule has 0 amide bonds. The van der Waals surface area contributed by atoms with E-state index in [2.05, 4.69) is 13.8 Å². The maximum absolute atomic E-state index is 12.2. The third-order valence-corrected chi connectivity index (χ3v) is 8.61. The van der Waals surface area contributed by atoms with Gasteiger partial charge in [-0.3, -0.25) is 4.79 Å². The fourth-order valence-corrected chi connectivity index (χ4v) is 7.31. The first-order chi connectivity index (χ1) is 11.5. The minimum absolute atomic E-state index is 0.320. The van der Waals surface area contributed by atoms with Crippen LogP contribution < -0.4 is 0 Å². The Hall–Kier alpha value is -0.410. The average Bonchev–Trinajstić information content (AvgIpc) is 2.87. The van der Waals surface area contributed by atoms with Crippen molar-refractivity contribution < 1.29 is 14.3 Å². The molecule has 0 radical (unpaired) electrons. The third kappa shape index (κ3) is 2.58. The average molecular weight is 335 g/mol. The first-order valence-electron chi connectivity index (χ1n) is 10.1. The Balaban J connectivity index is 1.51. The lowest BCUT2D eigenvalue weighted by Gasteiger charge is -2.60. The molecule has 0 heterocycles. The van der Waals surface area contributed by atoms with Crippen molar-refractivity contribution in [1.82, 2.24) is 0 Å². The molecule has 0 aromatic heterocycles. The predicted molar refractivity (Wildman–Crippen MR) is 93.5 cm³/mol. The van der Waals surface area contributed by atoms with Crippen LogP contribution in [0.15, 0.2) is 0 Å². The molecule has 4 saturated carbocycles. The van der Waals surface area contributed by atoms with Gasteiger partial charge in [0, 0.05) is 20.0 Å². The molecule has 4 aliphatic rings. The number of carbonyl (C=O) groups excluding carboxylic acids is 1. The van der Waals surface area contributed by atoms with Gasteiger partial charge < -0.3 is 9.47 Å². The molecule has 0 bridgehead atoms. The van der Waals surface area contributed by atoms with Crippen molar-refractivity contribution in [3.63, 3.8) is 0 Å². The number of methoxy groups -OCH3 is 1. The Bertz CT molecular complexity index is 503. The van der Waals surface area contributed by atoms with Crippen LogP contribution in [0.1, 0.15) is 71.6 Å². The second kappa shape index (κ2) is 6.09. The molecule has 4 fully saturated rings. The van der Waals surface area contributed by atoms with E-state index >= 15 is 0 Å². The number of rotatable bonds is 3. The van der Waals surface area contributed by atoms with Crippen molar-refractivity contribution >= 4 is 5.78 Å². The van der Waals surface area contributed by atoms with E-state index in [4.69, 9.17) is 9.47 Å². The molecule has 24 heavy (non-hydrogen) atoms. The van der Waals surface area contributed by atoms with Crippen molar-refractivity contribution in [2.75, 3.05) is 13.9 Å². The summed E-state index contributed by atoms with van der Waals surface area (Å²) in [5, 5.41) is 0. The maximum atomic E-state index is 12.2. The Morgan fingerprint density at radius 3 is 2.71 bits per heavy atom. The molecule has 4 aliphatic carbocycles. The van der Waals surface area contributed by atoms with E-state index in [0.717, 1.165) is 30.6 Å². The molecule has 0 aromatic rings. The number of Topliss-reactive ketones (excluding diaryl/α,β-unsaturated/α-hetero) is 1. The summed E-state index contributed by atoms with van der Waals surface area (Å²) in [6, 6.07) is 0. The molecule has 4 rings (SSSR count). The number of carbonyl (C=O) groups is 1. The van der Waals surface area contributed by atoms with Crippen molar-refractivity contribution in [2.45, 2.75) is 77.7 Å². The number of ketones is 1. The van der Waals surface area contributed by atoms with E-state index in [1.807, 2.05) is 0 Å². The van der Waals surface area contributed by atoms with E-state index in [9.17, 15) is 4.79 Å². The summed E-state index contributed by atoms with van der Waals surface area (Å²) in [5.74, 6) is 3.64. The molecular weight excluding hydrogens is 300 g/mol. The second-order valence-corrected chi connectivity index (χ2v) is 9.74. The Morgan fingerprint density at radius 1 is 1.08 bits per heavy atom. The molecule has 3 nitrogen and oxygen atoms in total. The topological polar surface area (TPSA) is 35.5 Å². The number of ether oxygens (including phenoxy) is 2. The standard InChI is InChI=1S/C21H34O3/c1-20-8-7-18-17(19(20)11-15(22)12-20)5-4-14-10-16(24-13-23-3)6-9-21(14,18)2/h14,16-19H,4-13H2,1-3H3/t14-,16?,17-,18+,19?,20-,21+/m0/s1. The summed E-state index contributed by atoms with van der Waals surface area (Å²) in [6.07, 6.45) is 11.1. The first kappa shape index (κ1) is 17.0. The van der Waals surface area contributed by atoms with Gasteiger partial charge in [-0.25, -0.2) is 0 Å². The highest BCUT2D eigenvalue weighted by Gasteiger charge is 2.59. The molecule has 7 atom stereocenters. The number of fused-ring (bicyclic) bond motifs is 5. The maximum Gasteiger partial charge on any atom is 0.146 e. The summed E-state index contributed by atoms with van der Waals surface area (Å²) in [5.41, 5.74) is 0.795. The van der Waals surface area contributed by atoms with Gasteiger partial charge in [-0.2, -0.15) is 0 Å². The van der Waals surface area contributed by atoms with Gasteiger partial charge in [-0.1, -0.05) is 13.8 Å². The minimum atomic E-state index is 0.320. The van der Waals surface area contributed by atoms with Crippen LogP contribution in [0.2, 0.25) is 0 Å². The number of hydrogen-bond donors (Lipinski definition) is 0. The summed E-state index contributed by atoms with van der Waals surface area (Å²) >= 11 is 0. The number of hydrogen-bond acceptors (Lipinski definition) is 3. The normalized spacial score (nSPS) is 51.0. The highest BCUT2D eigenvalue weighted by atomic mass is 16.7. The molecule has 0 aliphatic heterocycles. The third-order valence-electron chi connectivity index (χ3n) is 8.61. The zero-order chi connectivity index (χ0) is 16.9. The van der Waals surface area contributed by atoms with Crippen molar-refractivity contribution in [3.05, 3.63) is 0 Å². The lowest BCUT2D eigenvalue weighted by atomic mass is 9.45. The molecule has 136 valence electrons. The van der Waals surface area contributed by atoms with Crippen LogP contribution in [0.5, 0.6) is 0 Å². The summed E-state index contributed by atoms with van der Waals surface area (Å²) in [7, 11) is 1.71. The van der Waals surface area contributed by atoms with E-state index < -0.39 is 0 Å². The molecule has 0 N–H and O–H groups in total. The molecule has 0 aromatic carbocycles. The van der Waals surface area contributed by atoms with E-state index in [0.29, 0.717) is 35.4 Å². The Labute approximate surface area is 146 Å². The summed E-state index contributed by atoms with van der Waals surface area (Å²) < 4.78 is 11.0. The molecular formula is C21H34O3. The zero-order valence-electron chi connectivity index (χ0n) is 15.7. The van der Waals surface area contributed by atoms with Crippen molar-refractivity contribution in [3.8, 4) is 0 Å². The van der Waals surface area contributed by atoms with Crippen LogP contribution in [-0.4, -0.2) is 25.8 Å². The van der Waals surface area contributed by atoms with E-state index in [1.54, 1.807) is 7.11 Å². The lowest BCUT2D eigenvalue weighted by molar-refractivity contribution is -0.149. The monoisotopic (exact) mass is 334 g/mol. The summed E-state index contributed by atoms with van der Waals surface area (Å²) in [6.45, 7) is 5.41. The lowest BCUT2D eigenvalue weighted by Crippen LogP contribution is -2.53. The van der Waals surface area contributed by atoms with Gasteiger partial charge >= 0.3 is 0 Å². The fraction of sp³-hybridized carbons (Fsp3) is 0.952. The SMILES string of the molecule is COCOC1CC[C@]2(C)[C@@H](CC[C@@H]3C4CC(=O)C[C@]4(C)CC[C@H]32)C1. The minimum Gasteiger partial charge on any atom is -0.359 e. The predicted octanol–water partition coefficient (Wildman–Crippen LogP) is 4.59. The van der Waals surface area contributed by atoms with E-state index in [1.165, 1.54) is 44.9 Å². The Kier molecular flexibility index (Phi) is 4.32. The highest BCUT2D eigenvalue weighted by Crippen LogP contribution is 2.65. The van der Waals surface area contributed by atoms with Gasteiger partial charge in [0.2, 0.25) is 0 Å². The first-order valence-corrected chi connectivity index (χ1v) is 10.1. The van der Waals surface area contributed by atoms with Crippen LogP contribution in [0.25, 0.3) is 0 Å².